The number of likely N-dealkylation sites (tertiary alicyclic amines) is 1. The topological polar surface area (TPSA) is 26.8 Å². The van der Waals surface area contributed by atoms with E-state index in [4.69, 9.17) is 0 Å². The van der Waals surface area contributed by atoms with Crippen molar-refractivity contribution >= 4 is 17.7 Å². The molecule has 1 aromatic rings. The van der Waals surface area contributed by atoms with Gasteiger partial charge in [-0.2, -0.15) is 0 Å². The SMILES string of the molecule is CN1CCN(CC[C@H]2CCCCN2C(=O)CSc2ccccc2)CC1. The van der Waals surface area contributed by atoms with Crippen LogP contribution in [0.25, 0.3) is 0 Å². The first kappa shape index (κ1) is 18.7. The molecule has 2 heterocycles. The van der Waals surface area contributed by atoms with Crippen LogP contribution in [0.4, 0.5) is 0 Å². The molecule has 2 saturated heterocycles. The normalized spacial score (nSPS) is 22.9. The molecule has 1 atom stereocenters. The predicted octanol–water partition coefficient (Wildman–Crippen LogP) is 2.80. The molecule has 4 nitrogen and oxygen atoms in total. The molecule has 0 unspecified atom stereocenters. The Kier molecular flexibility index (Phi) is 7.20. The first-order valence-electron chi connectivity index (χ1n) is 9.60. The van der Waals surface area contributed by atoms with Crippen LogP contribution in [-0.4, -0.2) is 78.7 Å². The molecule has 2 fully saturated rings. The summed E-state index contributed by atoms with van der Waals surface area (Å²) in [5, 5.41) is 0. The van der Waals surface area contributed by atoms with Gasteiger partial charge in [-0.15, -0.1) is 11.8 Å². The third kappa shape index (κ3) is 5.73. The zero-order valence-corrected chi connectivity index (χ0v) is 16.2. The Morgan fingerprint density at radius 2 is 1.84 bits per heavy atom. The maximum atomic E-state index is 12.8. The third-order valence-corrected chi connectivity index (χ3v) is 6.42. The molecule has 25 heavy (non-hydrogen) atoms. The van der Waals surface area contributed by atoms with Crippen molar-refractivity contribution in [1.82, 2.24) is 14.7 Å². The van der Waals surface area contributed by atoms with Gasteiger partial charge >= 0.3 is 0 Å². The van der Waals surface area contributed by atoms with Crippen LogP contribution in [0, 0.1) is 0 Å². The summed E-state index contributed by atoms with van der Waals surface area (Å²) in [6, 6.07) is 10.7. The Bertz CT molecular complexity index is 531. The van der Waals surface area contributed by atoms with E-state index in [-0.39, 0.29) is 0 Å². The molecule has 0 N–H and O–H groups in total. The van der Waals surface area contributed by atoms with Gasteiger partial charge in [0, 0.05) is 50.2 Å². The standard InChI is InChI=1S/C20H31N3OS/c1-21-13-15-22(16-14-21)12-10-18-7-5-6-11-23(18)20(24)17-25-19-8-3-2-4-9-19/h2-4,8-9,18H,5-7,10-17H2,1H3/t18-/m1/s1. The van der Waals surface area contributed by atoms with Gasteiger partial charge in [0.2, 0.25) is 5.91 Å². The van der Waals surface area contributed by atoms with Crippen LogP contribution in [-0.2, 0) is 4.79 Å². The molecular formula is C20H31N3OS. The lowest BCUT2D eigenvalue weighted by molar-refractivity contribution is -0.132. The summed E-state index contributed by atoms with van der Waals surface area (Å²) in [6.07, 6.45) is 4.73. The highest BCUT2D eigenvalue weighted by Gasteiger charge is 2.27. The van der Waals surface area contributed by atoms with Crippen LogP contribution in [0.1, 0.15) is 25.7 Å². The van der Waals surface area contributed by atoms with Crippen molar-refractivity contribution in [3.63, 3.8) is 0 Å². The summed E-state index contributed by atoms with van der Waals surface area (Å²) < 4.78 is 0. The third-order valence-electron chi connectivity index (χ3n) is 5.43. The maximum absolute atomic E-state index is 12.8. The monoisotopic (exact) mass is 361 g/mol. The van der Waals surface area contributed by atoms with Gasteiger partial charge in [0.05, 0.1) is 5.75 Å². The minimum Gasteiger partial charge on any atom is -0.339 e. The Labute approximate surface area is 156 Å². The molecule has 138 valence electrons. The molecule has 0 aliphatic carbocycles. The first-order valence-corrected chi connectivity index (χ1v) is 10.6. The van der Waals surface area contributed by atoms with Gasteiger partial charge in [0.15, 0.2) is 0 Å². The quantitative estimate of drug-likeness (QED) is 0.728. The molecule has 3 rings (SSSR count). The summed E-state index contributed by atoms with van der Waals surface area (Å²) in [6.45, 7) is 6.75. The van der Waals surface area contributed by atoms with Gasteiger partial charge in [-0.1, -0.05) is 18.2 Å². The average Bonchev–Trinajstić information content (AvgIpc) is 2.67. The molecule has 0 aromatic heterocycles. The highest BCUT2D eigenvalue weighted by atomic mass is 32.2. The number of rotatable bonds is 6. The highest BCUT2D eigenvalue weighted by molar-refractivity contribution is 8.00. The molecular weight excluding hydrogens is 330 g/mol. The average molecular weight is 362 g/mol. The number of piperidine rings is 1. The second kappa shape index (κ2) is 9.60. The summed E-state index contributed by atoms with van der Waals surface area (Å²) in [4.78, 5) is 21.1. The van der Waals surface area contributed by atoms with E-state index in [1.54, 1.807) is 11.8 Å². The molecule has 0 saturated carbocycles. The number of nitrogens with zero attached hydrogens (tertiary/aromatic N) is 3. The van der Waals surface area contributed by atoms with Crippen LogP contribution in [0.3, 0.4) is 0 Å². The number of piperazine rings is 1. The van der Waals surface area contributed by atoms with Crippen LogP contribution < -0.4 is 0 Å². The number of carbonyl (C=O) groups is 1. The van der Waals surface area contributed by atoms with Crippen molar-refractivity contribution < 1.29 is 4.79 Å². The molecule has 2 aliphatic rings. The number of thioether (sulfide) groups is 1. The van der Waals surface area contributed by atoms with E-state index >= 15 is 0 Å². The molecule has 1 aromatic carbocycles. The Hall–Kier alpha value is -1.04. The summed E-state index contributed by atoms with van der Waals surface area (Å²) in [5.41, 5.74) is 0. The van der Waals surface area contributed by atoms with E-state index in [0.29, 0.717) is 17.7 Å². The van der Waals surface area contributed by atoms with E-state index in [1.807, 2.05) is 18.2 Å². The number of carbonyl (C=O) groups excluding carboxylic acids is 1. The summed E-state index contributed by atoms with van der Waals surface area (Å²) >= 11 is 1.66. The smallest absolute Gasteiger partial charge is 0.233 e. The van der Waals surface area contributed by atoms with Crippen molar-refractivity contribution in [1.29, 1.82) is 0 Å². The van der Waals surface area contributed by atoms with Gasteiger partial charge in [0.25, 0.3) is 0 Å². The Morgan fingerprint density at radius 3 is 2.60 bits per heavy atom. The lowest BCUT2D eigenvalue weighted by Crippen LogP contribution is -2.48. The number of amides is 1. The largest absolute Gasteiger partial charge is 0.339 e. The van der Waals surface area contributed by atoms with Gasteiger partial charge in [-0.25, -0.2) is 0 Å². The van der Waals surface area contributed by atoms with Crippen LogP contribution >= 0.6 is 11.8 Å². The van der Waals surface area contributed by atoms with E-state index < -0.39 is 0 Å². The highest BCUT2D eigenvalue weighted by Crippen LogP contribution is 2.23. The van der Waals surface area contributed by atoms with Crippen molar-refractivity contribution in [3.8, 4) is 0 Å². The minimum atomic E-state index is 0.317. The van der Waals surface area contributed by atoms with Gasteiger partial charge in [-0.05, 0) is 44.9 Å². The maximum Gasteiger partial charge on any atom is 0.233 e. The zero-order chi connectivity index (χ0) is 17.5. The first-order chi connectivity index (χ1) is 12.2. The minimum absolute atomic E-state index is 0.317. The van der Waals surface area contributed by atoms with Gasteiger partial charge in [-0.3, -0.25) is 4.79 Å². The Balaban J connectivity index is 1.47. The second-order valence-corrected chi connectivity index (χ2v) is 8.32. The van der Waals surface area contributed by atoms with Crippen molar-refractivity contribution in [2.45, 2.75) is 36.6 Å². The van der Waals surface area contributed by atoms with Crippen molar-refractivity contribution in [2.75, 3.05) is 52.1 Å². The van der Waals surface area contributed by atoms with Crippen LogP contribution in [0.2, 0.25) is 0 Å². The molecule has 0 bridgehead atoms. The van der Waals surface area contributed by atoms with E-state index in [1.165, 1.54) is 43.9 Å². The fourth-order valence-corrected chi connectivity index (χ4v) is 4.58. The van der Waals surface area contributed by atoms with Crippen molar-refractivity contribution in [3.05, 3.63) is 30.3 Å². The predicted molar refractivity (Wildman–Crippen MR) is 105 cm³/mol. The van der Waals surface area contributed by atoms with Gasteiger partial charge in [0.1, 0.15) is 0 Å². The van der Waals surface area contributed by atoms with Crippen LogP contribution in [0.15, 0.2) is 35.2 Å². The molecule has 0 radical (unpaired) electrons. The van der Waals surface area contributed by atoms with E-state index in [9.17, 15) is 4.79 Å². The number of hydrogen-bond acceptors (Lipinski definition) is 4. The van der Waals surface area contributed by atoms with Crippen molar-refractivity contribution in [2.24, 2.45) is 0 Å². The summed E-state index contributed by atoms with van der Waals surface area (Å²) in [5.74, 6) is 0.881. The number of hydrogen-bond donors (Lipinski definition) is 0. The Morgan fingerprint density at radius 1 is 1.08 bits per heavy atom. The van der Waals surface area contributed by atoms with Crippen LogP contribution in [0.5, 0.6) is 0 Å². The molecule has 5 heteroatoms. The van der Waals surface area contributed by atoms with E-state index in [2.05, 4.69) is 33.9 Å². The number of benzene rings is 1. The molecule has 0 spiro atoms. The summed E-state index contributed by atoms with van der Waals surface area (Å²) in [7, 11) is 2.20. The molecule has 1 amide bonds. The lowest BCUT2D eigenvalue weighted by Gasteiger charge is -2.38. The zero-order valence-electron chi connectivity index (χ0n) is 15.4. The fraction of sp³-hybridized carbons (Fsp3) is 0.650. The van der Waals surface area contributed by atoms with Gasteiger partial charge < -0.3 is 14.7 Å². The lowest BCUT2D eigenvalue weighted by atomic mass is 9.99. The second-order valence-electron chi connectivity index (χ2n) is 7.27. The number of likely N-dealkylation sites (N-methyl/N-ethyl adjacent to an activating group) is 1. The van der Waals surface area contributed by atoms with E-state index in [0.717, 1.165) is 25.9 Å². The molecule has 2 aliphatic heterocycles. The fourth-order valence-electron chi connectivity index (χ4n) is 3.78.